The van der Waals surface area contributed by atoms with Gasteiger partial charge in [-0.2, -0.15) is 5.26 Å². The zero-order valence-corrected chi connectivity index (χ0v) is 43.1. The van der Waals surface area contributed by atoms with E-state index in [1.165, 1.54) is 0 Å². The predicted molar refractivity (Wildman–Crippen MR) is 282 cm³/mol. The van der Waals surface area contributed by atoms with E-state index in [1.54, 1.807) is 28.4 Å². The average molecular weight is 1020 g/mol. The largest absolute Gasteiger partial charge is 0.497 e. The number of aliphatic hydroxyl groups is 1. The van der Waals surface area contributed by atoms with Crippen LogP contribution in [0.5, 0.6) is 23.0 Å². The summed E-state index contributed by atoms with van der Waals surface area (Å²) in [6.45, 7) is 2.77. The number of hydrogen-bond acceptors (Lipinski definition) is 13. The fraction of sp³-hybridized carbons (Fsp3) is 0.362. The molecule has 4 aliphatic rings. The Kier molecular flexibility index (Phi) is 16.5. The van der Waals surface area contributed by atoms with E-state index in [-0.39, 0.29) is 19.8 Å². The first kappa shape index (κ1) is 53.1. The molecule has 380 valence electrons. The van der Waals surface area contributed by atoms with Crippen molar-refractivity contribution in [2.24, 2.45) is 0 Å². The van der Waals surface area contributed by atoms with Crippen molar-refractivity contribution in [3.63, 3.8) is 0 Å². The van der Waals surface area contributed by atoms with Gasteiger partial charge in [-0.3, -0.25) is 0 Å². The van der Waals surface area contributed by atoms with Gasteiger partial charge in [0.25, 0.3) is 0 Å². The van der Waals surface area contributed by atoms with Crippen molar-refractivity contribution in [3.05, 3.63) is 191 Å². The average Bonchev–Trinajstić information content (AvgIpc) is 4.13. The van der Waals surface area contributed by atoms with Gasteiger partial charge in [-0.25, -0.2) is 0 Å². The Morgan fingerprint density at radius 2 is 0.905 bits per heavy atom. The maximum absolute atomic E-state index is 10.9. The van der Waals surface area contributed by atoms with Gasteiger partial charge in [0, 0.05) is 32.7 Å². The van der Waals surface area contributed by atoms with Crippen LogP contribution >= 0.6 is 8.15 Å². The van der Waals surface area contributed by atoms with Gasteiger partial charge in [0.1, 0.15) is 85.5 Å². The van der Waals surface area contributed by atoms with E-state index < -0.39 is 67.0 Å². The number of hydrogen-bond donors (Lipinski definition) is 1. The summed E-state index contributed by atoms with van der Waals surface area (Å²) in [5, 5.41) is 19.9. The number of nitrogens with zero attached hydrogens (tertiary/aromatic N) is 1. The van der Waals surface area contributed by atoms with Crippen LogP contribution in [0, 0.1) is 11.3 Å². The van der Waals surface area contributed by atoms with Crippen LogP contribution in [-0.4, -0.2) is 136 Å². The molecule has 4 bridgehead atoms. The molecule has 0 amide bonds. The van der Waals surface area contributed by atoms with Gasteiger partial charge in [0.05, 0.1) is 60.9 Å². The first-order valence-electron chi connectivity index (χ1n) is 24.5. The van der Waals surface area contributed by atoms with E-state index in [1.807, 2.05) is 152 Å². The number of methoxy groups -OCH3 is 4. The Morgan fingerprint density at radius 1 is 0.554 bits per heavy atom. The number of benzene rings is 6. The minimum atomic E-state index is -1.04. The van der Waals surface area contributed by atoms with Gasteiger partial charge in [-0.15, -0.1) is 0 Å². The fourth-order valence-corrected chi connectivity index (χ4v) is 11.6. The summed E-state index contributed by atoms with van der Waals surface area (Å²) >= 11 is 0. The second-order valence-corrected chi connectivity index (χ2v) is 20.6. The number of nitriles is 1. The van der Waals surface area contributed by atoms with Gasteiger partial charge in [0.2, 0.25) is 0 Å². The van der Waals surface area contributed by atoms with Crippen LogP contribution in [0.2, 0.25) is 0 Å². The van der Waals surface area contributed by atoms with Gasteiger partial charge >= 0.3 is 0 Å². The molecular weight excluding hydrogens is 955 g/mol. The highest BCUT2D eigenvalue weighted by Gasteiger charge is 2.63. The van der Waals surface area contributed by atoms with Crippen LogP contribution in [0.3, 0.4) is 0 Å². The van der Waals surface area contributed by atoms with Crippen molar-refractivity contribution in [2.75, 3.05) is 67.7 Å². The molecular formula is C58H60B2NO12P. The van der Waals surface area contributed by atoms with E-state index >= 15 is 0 Å². The highest BCUT2D eigenvalue weighted by Crippen LogP contribution is 2.51. The summed E-state index contributed by atoms with van der Waals surface area (Å²) in [6.07, 6.45) is -1.13. The predicted octanol–water partition coefficient (Wildman–Crippen LogP) is 8.04. The van der Waals surface area contributed by atoms with Gasteiger partial charge < -0.3 is 57.0 Å². The summed E-state index contributed by atoms with van der Waals surface area (Å²) in [5.41, 5.74) is 1.55. The van der Waals surface area contributed by atoms with Crippen molar-refractivity contribution in [2.45, 2.75) is 65.2 Å². The quantitative estimate of drug-likeness (QED) is 0.0448. The van der Waals surface area contributed by atoms with Crippen LogP contribution in [0.4, 0.5) is 0 Å². The molecule has 13 nitrogen and oxygen atoms in total. The number of ether oxygens (including phenoxy) is 10. The SMILES string of the molecule is [B][C@@H]1O[C@@]2(COC(c3ccccc3)(c3ccc(OC)cc3)c3ccc(OC)cc3)CO[C@H]1C2O.[B][C@@H]1O[C@@]2(COC(c3ccccc3)(c3ccc(OC)cc3)c3ccc(OC)cc3)CO[C@H]1C2OP(C)CCC#N. The monoisotopic (exact) mass is 1020 g/mol. The third kappa shape index (κ3) is 10.2. The molecule has 4 heterocycles. The molecule has 4 radical (unpaired) electrons. The van der Waals surface area contributed by atoms with Crippen LogP contribution < -0.4 is 18.9 Å². The van der Waals surface area contributed by atoms with Crippen molar-refractivity contribution < 1.29 is 57.0 Å². The van der Waals surface area contributed by atoms with Crippen LogP contribution in [0.15, 0.2) is 158 Å². The second-order valence-electron chi connectivity index (χ2n) is 18.7. The minimum absolute atomic E-state index is 0.0747. The van der Waals surface area contributed by atoms with Crippen molar-refractivity contribution >= 4 is 23.8 Å². The number of aliphatic hydroxyl groups excluding tert-OH is 1. The molecule has 0 saturated carbocycles. The zero-order valence-electron chi connectivity index (χ0n) is 42.2. The highest BCUT2D eigenvalue weighted by atomic mass is 31.1. The maximum atomic E-state index is 10.9. The Bertz CT molecular complexity index is 2700. The summed E-state index contributed by atoms with van der Waals surface area (Å²) in [5.74, 6) is 2.98. The van der Waals surface area contributed by atoms with E-state index in [9.17, 15) is 5.11 Å². The number of rotatable bonds is 20. The van der Waals surface area contributed by atoms with Crippen LogP contribution in [0.1, 0.15) is 39.8 Å². The van der Waals surface area contributed by atoms with E-state index in [2.05, 4.69) is 18.2 Å². The van der Waals surface area contributed by atoms with Crippen molar-refractivity contribution in [1.82, 2.24) is 0 Å². The molecule has 1 N–H and O–H groups in total. The number of fused-ring (bicyclic) bond motifs is 4. The Hall–Kier alpha value is -5.75. The minimum Gasteiger partial charge on any atom is -0.497 e. The standard InChI is InChI=1S/C31H33BNO6P.C27H27BO6/c1-34-25-14-10-23(11-15-25)31(22-8-5-4-6-9-22,24-12-16-26(35-2)17-13-24)37-21-30-20-36-27(29(32)38-30)28(30)39-40(3)19-7-18-33;1-30-21-12-8-19(9-13-21)27(18-6-4-3-5-7-18,20-10-14-22(31-2)15-11-20)33-17-26-16-32-23(24(26)29)25(28)34-26/h4-6,8-17,27-29H,7,19-21H2,1-3H3;3-15,23-25,29H,16-17H2,1-2H3/t27-,28?,29+,30+,40?;23-,24?,25+,26+/m00/s1. The summed E-state index contributed by atoms with van der Waals surface area (Å²) in [7, 11) is 18.1. The molecule has 0 spiro atoms. The molecule has 0 aliphatic carbocycles. The molecule has 74 heavy (non-hydrogen) atoms. The van der Waals surface area contributed by atoms with Crippen LogP contribution in [0.25, 0.3) is 0 Å². The lowest BCUT2D eigenvalue weighted by Gasteiger charge is -2.40. The lowest BCUT2D eigenvalue weighted by atomic mass is 9.79. The second kappa shape index (κ2) is 23.0. The van der Waals surface area contributed by atoms with E-state index in [4.69, 9.17) is 72.8 Å². The molecule has 4 aliphatic heterocycles. The fourth-order valence-electron chi connectivity index (χ4n) is 10.4. The lowest BCUT2D eigenvalue weighted by Crippen LogP contribution is -2.49. The zero-order chi connectivity index (χ0) is 51.9. The molecule has 16 heteroatoms. The Balaban J connectivity index is 0.000000184. The molecule has 4 fully saturated rings. The molecule has 3 unspecified atom stereocenters. The van der Waals surface area contributed by atoms with E-state index in [0.29, 0.717) is 19.2 Å². The Morgan fingerprint density at radius 3 is 1.26 bits per heavy atom. The third-order valence-corrected chi connectivity index (χ3v) is 15.8. The summed E-state index contributed by atoms with van der Waals surface area (Å²) in [6, 6.07) is 52.3. The molecule has 4 saturated heterocycles. The Labute approximate surface area is 437 Å². The summed E-state index contributed by atoms with van der Waals surface area (Å²) < 4.78 is 66.3. The molecule has 6 aromatic rings. The highest BCUT2D eigenvalue weighted by molar-refractivity contribution is 7.51. The molecule has 10 rings (SSSR count). The maximum Gasteiger partial charge on any atom is 0.143 e. The lowest BCUT2D eigenvalue weighted by molar-refractivity contribution is -0.164. The first-order valence-corrected chi connectivity index (χ1v) is 26.4. The normalized spacial score (nSPS) is 25.1. The van der Waals surface area contributed by atoms with Gasteiger partial charge in [0.15, 0.2) is 0 Å². The van der Waals surface area contributed by atoms with Crippen LogP contribution in [-0.2, 0) is 44.1 Å². The third-order valence-electron chi connectivity index (χ3n) is 14.3. The first-order chi connectivity index (χ1) is 36.0. The van der Waals surface area contributed by atoms with Crippen molar-refractivity contribution in [3.8, 4) is 29.1 Å². The van der Waals surface area contributed by atoms with Gasteiger partial charge in [-0.05, 0) is 88.6 Å². The smallest absolute Gasteiger partial charge is 0.143 e. The molecule has 0 aromatic heterocycles. The molecule has 6 aromatic carbocycles. The van der Waals surface area contributed by atoms with Gasteiger partial charge in [-0.1, -0.05) is 109 Å². The van der Waals surface area contributed by atoms with E-state index in [0.717, 1.165) is 56.4 Å². The van der Waals surface area contributed by atoms with Crippen molar-refractivity contribution in [1.29, 1.82) is 5.26 Å². The molecule has 9 atom stereocenters. The topological polar surface area (TPSA) is 146 Å². The summed E-state index contributed by atoms with van der Waals surface area (Å²) in [4.78, 5) is 0.